The fraction of sp³-hybridized carbons (Fsp3) is 0.625. The SMILES string of the molecule is CC(C)C[C@H](NC(=O)C(NC(=O)C(NC(=O)Oc1ccccc1)C(C)C)C(C)C)[C@H](C)O. The van der Waals surface area contributed by atoms with Crippen LogP contribution in [0.2, 0.25) is 0 Å². The predicted octanol–water partition coefficient (Wildman–Crippen LogP) is 2.85. The average molecular weight is 450 g/mol. The first kappa shape index (κ1) is 27.4. The van der Waals surface area contributed by atoms with Crippen molar-refractivity contribution >= 4 is 17.9 Å². The summed E-state index contributed by atoms with van der Waals surface area (Å²) >= 11 is 0. The van der Waals surface area contributed by atoms with Crippen molar-refractivity contribution in [1.82, 2.24) is 16.0 Å². The predicted molar refractivity (Wildman–Crippen MR) is 124 cm³/mol. The van der Waals surface area contributed by atoms with E-state index in [0.717, 1.165) is 0 Å². The van der Waals surface area contributed by atoms with Crippen molar-refractivity contribution < 1.29 is 24.2 Å². The molecule has 180 valence electrons. The van der Waals surface area contributed by atoms with Crippen molar-refractivity contribution in [1.29, 1.82) is 0 Å². The van der Waals surface area contributed by atoms with E-state index in [-0.39, 0.29) is 23.7 Å². The third kappa shape index (κ3) is 9.26. The van der Waals surface area contributed by atoms with Crippen molar-refractivity contribution in [2.45, 2.75) is 79.1 Å². The zero-order valence-corrected chi connectivity index (χ0v) is 20.2. The molecule has 8 nitrogen and oxygen atoms in total. The minimum atomic E-state index is -0.886. The second-order valence-electron chi connectivity index (χ2n) is 9.28. The third-order valence-electron chi connectivity index (χ3n) is 5.06. The molecule has 0 heterocycles. The molecule has 3 amide bonds. The van der Waals surface area contributed by atoms with Gasteiger partial charge in [0.25, 0.3) is 0 Å². The number of hydrogen-bond acceptors (Lipinski definition) is 5. The number of amides is 3. The van der Waals surface area contributed by atoms with E-state index in [0.29, 0.717) is 12.2 Å². The number of aliphatic hydroxyl groups is 1. The van der Waals surface area contributed by atoms with Gasteiger partial charge in [0.15, 0.2) is 0 Å². The van der Waals surface area contributed by atoms with Gasteiger partial charge in [-0.3, -0.25) is 9.59 Å². The molecule has 0 fully saturated rings. The topological polar surface area (TPSA) is 117 Å². The molecule has 4 atom stereocenters. The van der Waals surface area contributed by atoms with Gasteiger partial charge in [0, 0.05) is 0 Å². The largest absolute Gasteiger partial charge is 0.413 e. The summed E-state index contributed by atoms with van der Waals surface area (Å²) in [5, 5.41) is 18.2. The van der Waals surface area contributed by atoms with Crippen molar-refractivity contribution in [3.8, 4) is 5.75 Å². The minimum absolute atomic E-state index is 0.197. The first-order valence-corrected chi connectivity index (χ1v) is 11.2. The maximum Gasteiger partial charge on any atom is 0.413 e. The van der Waals surface area contributed by atoms with Crippen LogP contribution in [0.15, 0.2) is 30.3 Å². The second-order valence-corrected chi connectivity index (χ2v) is 9.28. The molecular weight excluding hydrogens is 410 g/mol. The van der Waals surface area contributed by atoms with Crippen molar-refractivity contribution in [2.75, 3.05) is 0 Å². The van der Waals surface area contributed by atoms with Crippen LogP contribution in [-0.4, -0.2) is 47.2 Å². The van der Waals surface area contributed by atoms with E-state index in [1.165, 1.54) is 0 Å². The zero-order valence-electron chi connectivity index (χ0n) is 20.2. The monoisotopic (exact) mass is 449 g/mol. The van der Waals surface area contributed by atoms with Crippen LogP contribution in [0.25, 0.3) is 0 Å². The van der Waals surface area contributed by atoms with E-state index in [1.807, 2.05) is 27.7 Å². The second kappa shape index (κ2) is 13.1. The molecule has 1 aromatic carbocycles. The van der Waals surface area contributed by atoms with E-state index < -0.39 is 36.2 Å². The van der Waals surface area contributed by atoms with Crippen molar-refractivity contribution in [3.05, 3.63) is 30.3 Å². The quantitative estimate of drug-likeness (QED) is 0.414. The van der Waals surface area contributed by atoms with Crippen LogP contribution >= 0.6 is 0 Å². The minimum Gasteiger partial charge on any atom is -0.410 e. The molecule has 0 radical (unpaired) electrons. The Morgan fingerprint density at radius 3 is 1.78 bits per heavy atom. The van der Waals surface area contributed by atoms with Gasteiger partial charge < -0.3 is 25.8 Å². The summed E-state index contributed by atoms with van der Waals surface area (Å²) < 4.78 is 5.22. The van der Waals surface area contributed by atoms with Gasteiger partial charge in [-0.1, -0.05) is 59.7 Å². The number of hydrogen-bond donors (Lipinski definition) is 4. The Morgan fingerprint density at radius 1 is 0.812 bits per heavy atom. The first-order valence-electron chi connectivity index (χ1n) is 11.2. The molecule has 2 unspecified atom stereocenters. The molecule has 4 N–H and O–H groups in total. The highest BCUT2D eigenvalue weighted by Crippen LogP contribution is 2.12. The summed E-state index contributed by atoms with van der Waals surface area (Å²) in [6.07, 6.45) is -0.853. The van der Waals surface area contributed by atoms with Crippen LogP contribution in [-0.2, 0) is 9.59 Å². The lowest BCUT2D eigenvalue weighted by Gasteiger charge is -2.29. The molecular formula is C24H39N3O5. The van der Waals surface area contributed by atoms with Gasteiger partial charge in [0.2, 0.25) is 11.8 Å². The Hall–Kier alpha value is -2.61. The van der Waals surface area contributed by atoms with Gasteiger partial charge >= 0.3 is 6.09 Å². The average Bonchev–Trinajstić information content (AvgIpc) is 2.69. The van der Waals surface area contributed by atoms with Gasteiger partial charge in [-0.25, -0.2) is 4.79 Å². The fourth-order valence-corrected chi connectivity index (χ4v) is 3.22. The van der Waals surface area contributed by atoms with Crippen LogP contribution in [0, 0.1) is 17.8 Å². The molecule has 0 aliphatic rings. The molecule has 8 heteroatoms. The molecule has 0 bridgehead atoms. The molecule has 0 aliphatic carbocycles. The van der Waals surface area contributed by atoms with Crippen LogP contribution in [0.5, 0.6) is 5.75 Å². The van der Waals surface area contributed by atoms with Gasteiger partial charge in [0.1, 0.15) is 17.8 Å². The highest BCUT2D eigenvalue weighted by Gasteiger charge is 2.32. The van der Waals surface area contributed by atoms with E-state index in [9.17, 15) is 19.5 Å². The lowest BCUT2D eigenvalue weighted by Crippen LogP contribution is -2.58. The Kier molecular flexibility index (Phi) is 11.2. The number of aliphatic hydroxyl groups excluding tert-OH is 1. The van der Waals surface area contributed by atoms with Crippen LogP contribution in [0.1, 0.15) is 54.9 Å². The number of nitrogens with one attached hydrogen (secondary N) is 3. The van der Waals surface area contributed by atoms with Crippen LogP contribution in [0.4, 0.5) is 4.79 Å². The summed E-state index contributed by atoms with van der Waals surface area (Å²) in [5.41, 5.74) is 0. The van der Waals surface area contributed by atoms with E-state index in [4.69, 9.17) is 4.74 Å². The zero-order chi connectivity index (χ0) is 24.4. The number of ether oxygens (including phenoxy) is 1. The number of rotatable bonds is 11. The molecule has 1 aromatic rings. The fourth-order valence-electron chi connectivity index (χ4n) is 3.22. The van der Waals surface area contributed by atoms with E-state index in [2.05, 4.69) is 16.0 Å². The highest BCUT2D eigenvalue weighted by atomic mass is 16.6. The summed E-state index contributed by atoms with van der Waals surface area (Å²) in [5.74, 6) is -0.628. The standard InChI is InChI=1S/C24H39N3O5/c1-14(2)13-19(17(7)28)25-22(29)20(15(3)4)26-23(30)21(16(5)6)27-24(31)32-18-11-9-8-10-12-18/h8-12,14-17,19-21,28H,13H2,1-7H3,(H,25,29)(H,26,30)(H,27,31)/t17-,19-,20?,21?/m0/s1. The van der Waals surface area contributed by atoms with E-state index >= 15 is 0 Å². The van der Waals surface area contributed by atoms with Crippen LogP contribution < -0.4 is 20.7 Å². The van der Waals surface area contributed by atoms with Gasteiger partial charge in [-0.05, 0) is 43.2 Å². The lowest BCUT2D eigenvalue weighted by molar-refractivity contribution is -0.132. The highest BCUT2D eigenvalue weighted by molar-refractivity contribution is 5.91. The lowest BCUT2D eigenvalue weighted by atomic mass is 9.97. The molecule has 0 aromatic heterocycles. The molecule has 0 aliphatic heterocycles. The Labute approximate surface area is 191 Å². The molecule has 1 rings (SSSR count). The summed E-state index contributed by atoms with van der Waals surface area (Å²) in [7, 11) is 0. The maximum atomic E-state index is 13.0. The van der Waals surface area contributed by atoms with Crippen LogP contribution in [0.3, 0.4) is 0 Å². The molecule has 32 heavy (non-hydrogen) atoms. The Balaban J connectivity index is 2.85. The Bertz CT molecular complexity index is 734. The summed E-state index contributed by atoms with van der Waals surface area (Å²) in [6.45, 7) is 12.9. The molecule has 0 saturated heterocycles. The number of benzene rings is 1. The number of para-hydroxylation sites is 1. The normalized spacial score (nSPS) is 15.1. The number of carbonyl (C=O) groups is 3. The van der Waals surface area contributed by atoms with Gasteiger partial charge in [-0.15, -0.1) is 0 Å². The summed E-state index contributed by atoms with van der Waals surface area (Å²) in [4.78, 5) is 38.2. The Morgan fingerprint density at radius 2 is 1.31 bits per heavy atom. The molecule has 0 spiro atoms. The van der Waals surface area contributed by atoms with Gasteiger partial charge in [0.05, 0.1) is 12.1 Å². The van der Waals surface area contributed by atoms with Gasteiger partial charge in [-0.2, -0.15) is 0 Å². The summed E-state index contributed by atoms with van der Waals surface area (Å²) in [6, 6.07) is 6.43. The number of carbonyl (C=O) groups excluding carboxylic acids is 3. The first-order chi connectivity index (χ1) is 14.9. The molecule has 0 saturated carbocycles. The smallest absolute Gasteiger partial charge is 0.410 e. The van der Waals surface area contributed by atoms with Crippen molar-refractivity contribution in [3.63, 3.8) is 0 Å². The van der Waals surface area contributed by atoms with E-state index in [1.54, 1.807) is 51.1 Å². The maximum absolute atomic E-state index is 13.0. The van der Waals surface area contributed by atoms with Crippen molar-refractivity contribution in [2.24, 2.45) is 17.8 Å². The third-order valence-corrected chi connectivity index (χ3v) is 5.06.